The molecule has 1 unspecified atom stereocenters. The Hall–Kier alpha value is -2.46. The fraction of sp³-hybridized carbons (Fsp3) is 0.118. The van der Waals surface area contributed by atoms with Gasteiger partial charge in [0.1, 0.15) is 0 Å². The molecule has 1 atom stereocenters. The van der Waals surface area contributed by atoms with E-state index in [1.165, 1.54) is 13.2 Å². The van der Waals surface area contributed by atoms with Gasteiger partial charge < -0.3 is 10.5 Å². The number of pyridine rings is 1. The van der Waals surface area contributed by atoms with Crippen molar-refractivity contribution >= 4 is 10.9 Å². The van der Waals surface area contributed by atoms with E-state index >= 15 is 0 Å². The Labute approximate surface area is 122 Å². The Morgan fingerprint density at radius 1 is 1.14 bits per heavy atom. The highest BCUT2D eigenvalue weighted by Crippen LogP contribution is 2.28. The van der Waals surface area contributed by atoms with Gasteiger partial charge in [-0.15, -0.1) is 0 Å². The molecule has 0 bridgehead atoms. The Morgan fingerprint density at radius 3 is 2.76 bits per heavy atom. The average molecular weight is 282 g/mol. The molecule has 106 valence electrons. The molecular formula is C17H15FN2O. The van der Waals surface area contributed by atoms with E-state index in [4.69, 9.17) is 10.5 Å². The summed E-state index contributed by atoms with van der Waals surface area (Å²) in [6.45, 7) is 0. The SMILES string of the molecule is COc1ccc(C(N)c2cccc3ncccc23)cc1F. The summed E-state index contributed by atoms with van der Waals surface area (Å²) in [5.74, 6) is -0.200. The van der Waals surface area contributed by atoms with Crippen LogP contribution in [0.3, 0.4) is 0 Å². The highest BCUT2D eigenvalue weighted by Gasteiger charge is 2.14. The van der Waals surface area contributed by atoms with Gasteiger partial charge in [-0.3, -0.25) is 4.98 Å². The lowest BCUT2D eigenvalue weighted by atomic mass is 9.96. The molecule has 0 saturated carbocycles. The number of rotatable bonds is 3. The van der Waals surface area contributed by atoms with Gasteiger partial charge in [0.05, 0.1) is 18.7 Å². The van der Waals surface area contributed by atoms with Gasteiger partial charge in [0.15, 0.2) is 11.6 Å². The number of ether oxygens (including phenoxy) is 1. The molecule has 1 heterocycles. The van der Waals surface area contributed by atoms with Crippen LogP contribution in [-0.4, -0.2) is 12.1 Å². The molecule has 2 N–H and O–H groups in total. The van der Waals surface area contributed by atoms with Gasteiger partial charge in [0, 0.05) is 11.6 Å². The number of nitrogens with zero attached hydrogens (tertiary/aromatic N) is 1. The number of aromatic nitrogens is 1. The van der Waals surface area contributed by atoms with E-state index in [0.717, 1.165) is 16.5 Å². The van der Waals surface area contributed by atoms with Crippen LogP contribution in [0.2, 0.25) is 0 Å². The summed E-state index contributed by atoms with van der Waals surface area (Å²) in [6, 6.07) is 14.0. The third-order valence-electron chi connectivity index (χ3n) is 3.55. The first kappa shape index (κ1) is 13.5. The molecule has 3 nitrogen and oxygen atoms in total. The number of hydrogen-bond donors (Lipinski definition) is 1. The van der Waals surface area contributed by atoms with Crippen LogP contribution in [0.4, 0.5) is 4.39 Å². The Kier molecular flexibility index (Phi) is 3.54. The van der Waals surface area contributed by atoms with Crippen molar-refractivity contribution in [3.8, 4) is 5.75 Å². The molecule has 0 aliphatic rings. The van der Waals surface area contributed by atoms with Gasteiger partial charge in [-0.05, 0) is 35.4 Å². The Bertz CT molecular complexity index is 783. The van der Waals surface area contributed by atoms with Crippen LogP contribution in [0.25, 0.3) is 10.9 Å². The van der Waals surface area contributed by atoms with Crippen molar-refractivity contribution in [2.24, 2.45) is 5.73 Å². The van der Waals surface area contributed by atoms with Crippen LogP contribution in [-0.2, 0) is 0 Å². The Balaban J connectivity index is 2.08. The van der Waals surface area contributed by atoms with E-state index in [0.29, 0.717) is 5.56 Å². The maximum absolute atomic E-state index is 13.8. The van der Waals surface area contributed by atoms with Gasteiger partial charge >= 0.3 is 0 Å². The van der Waals surface area contributed by atoms with Gasteiger partial charge in [-0.25, -0.2) is 4.39 Å². The second-order valence-corrected chi connectivity index (χ2v) is 4.79. The first-order chi connectivity index (χ1) is 10.2. The quantitative estimate of drug-likeness (QED) is 0.800. The molecule has 0 spiro atoms. The van der Waals surface area contributed by atoms with Crippen LogP contribution in [0.1, 0.15) is 17.2 Å². The zero-order valence-electron chi connectivity index (χ0n) is 11.6. The molecule has 1 aromatic heterocycles. The van der Waals surface area contributed by atoms with Crippen molar-refractivity contribution in [1.29, 1.82) is 0 Å². The zero-order chi connectivity index (χ0) is 14.8. The minimum absolute atomic E-state index is 0.213. The highest BCUT2D eigenvalue weighted by atomic mass is 19.1. The van der Waals surface area contributed by atoms with E-state index in [2.05, 4.69) is 4.98 Å². The smallest absolute Gasteiger partial charge is 0.165 e. The van der Waals surface area contributed by atoms with Crippen LogP contribution in [0.5, 0.6) is 5.75 Å². The predicted molar refractivity (Wildman–Crippen MR) is 80.7 cm³/mol. The molecular weight excluding hydrogens is 267 g/mol. The standard InChI is InChI=1S/C17H15FN2O/c1-21-16-8-7-11(10-14(16)18)17(19)13-4-2-6-15-12(13)5-3-9-20-15/h2-10,17H,19H2,1H3. The lowest BCUT2D eigenvalue weighted by Crippen LogP contribution is -2.12. The molecule has 0 saturated heterocycles. The fourth-order valence-corrected chi connectivity index (χ4v) is 2.45. The van der Waals surface area contributed by atoms with Crippen LogP contribution in [0, 0.1) is 5.82 Å². The maximum Gasteiger partial charge on any atom is 0.165 e. The molecule has 21 heavy (non-hydrogen) atoms. The van der Waals surface area contributed by atoms with Gasteiger partial charge in [-0.1, -0.05) is 24.3 Å². The normalized spacial score (nSPS) is 12.3. The lowest BCUT2D eigenvalue weighted by molar-refractivity contribution is 0.386. The number of fused-ring (bicyclic) bond motifs is 1. The lowest BCUT2D eigenvalue weighted by Gasteiger charge is -2.15. The molecule has 3 aromatic rings. The van der Waals surface area contributed by atoms with Crippen molar-refractivity contribution in [1.82, 2.24) is 4.98 Å². The van der Waals surface area contributed by atoms with Crippen molar-refractivity contribution in [2.45, 2.75) is 6.04 Å². The molecule has 0 fully saturated rings. The van der Waals surface area contributed by atoms with Crippen molar-refractivity contribution < 1.29 is 9.13 Å². The summed E-state index contributed by atoms with van der Waals surface area (Å²) in [5.41, 5.74) is 8.80. The minimum atomic E-state index is -0.418. The van der Waals surface area contributed by atoms with Crippen molar-refractivity contribution in [3.63, 3.8) is 0 Å². The summed E-state index contributed by atoms with van der Waals surface area (Å²) < 4.78 is 18.8. The third kappa shape index (κ3) is 2.45. The van der Waals surface area contributed by atoms with Crippen LogP contribution < -0.4 is 10.5 Å². The van der Waals surface area contributed by atoms with E-state index < -0.39 is 11.9 Å². The summed E-state index contributed by atoms with van der Waals surface area (Å²) in [7, 11) is 1.44. The first-order valence-corrected chi connectivity index (χ1v) is 6.63. The number of benzene rings is 2. The van der Waals surface area contributed by atoms with Gasteiger partial charge in [-0.2, -0.15) is 0 Å². The van der Waals surface area contributed by atoms with Gasteiger partial charge in [0.2, 0.25) is 0 Å². The maximum atomic E-state index is 13.8. The number of hydrogen-bond acceptors (Lipinski definition) is 3. The molecule has 2 aromatic carbocycles. The van der Waals surface area contributed by atoms with Gasteiger partial charge in [0.25, 0.3) is 0 Å². The molecule has 0 amide bonds. The molecule has 3 rings (SSSR count). The topological polar surface area (TPSA) is 48.1 Å². The van der Waals surface area contributed by atoms with Crippen LogP contribution >= 0.6 is 0 Å². The molecule has 0 aliphatic heterocycles. The van der Waals surface area contributed by atoms with Crippen molar-refractivity contribution in [3.05, 3.63) is 71.7 Å². The summed E-state index contributed by atoms with van der Waals surface area (Å²) in [4.78, 5) is 4.31. The second kappa shape index (κ2) is 5.50. The first-order valence-electron chi connectivity index (χ1n) is 6.63. The summed E-state index contributed by atoms with van der Waals surface area (Å²) >= 11 is 0. The fourth-order valence-electron chi connectivity index (χ4n) is 2.45. The summed E-state index contributed by atoms with van der Waals surface area (Å²) in [5, 5.41) is 0.976. The second-order valence-electron chi connectivity index (χ2n) is 4.79. The van der Waals surface area contributed by atoms with E-state index in [1.807, 2.05) is 30.3 Å². The number of nitrogens with two attached hydrogens (primary N) is 1. The molecule has 4 heteroatoms. The zero-order valence-corrected chi connectivity index (χ0v) is 11.6. The molecule has 0 radical (unpaired) electrons. The highest BCUT2D eigenvalue weighted by molar-refractivity contribution is 5.82. The summed E-state index contributed by atoms with van der Waals surface area (Å²) in [6.07, 6.45) is 1.74. The van der Waals surface area contributed by atoms with E-state index in [9.17, 15) is 4.39 Å². The minimum Gasteiger partial charge on any atom is -0.494 e. The largest absolute Gasteiger partial charge is 0.494 e. The van der Waals surface area contributed by atoms with E-state index in [1.54, 1.807) is 18.3 Å². The number of methoxy groups -OCH3 is 1. The van der Waals surface area contributed by atoms with Crippen LogP contribution in [0.15, 0.2) is 54.7 Å². The van der Waals surface area contributed by atoms with Crippen molar-refractivity contribution in [2.75, 3.05) is 7.11 Å². The molecule has 0 aliphatic carbocycles. The predicted octanol–water partition coefficient (Wildman–Crippen LogP) is 3.43. The Morgan fingerprint density at radius 2 is 2.00 bits per heavy atom. The number of halogens is 1. The van der Waals surface area contributed by atoms with E-state index in [-0.39, 0.29) is 5.75 Å². The average Bonchev–Trinajstić information content (AvgIpc) is 2.53. The third-order valence-corrected chi connectivity index (χ3v) is 3.55. The monoisotopic (exact) mass is 282 g/mol.